The van der Waals surface area contributed by atoms with Gasteiger partial charge in [0.15, 0.2) is 0 Å². The maximum atomic E-state index is 12.5. The summed E-state index contributed by atoms with van der Waals surface area (Å²) in [6.07, 6.45) is 3.14. The lowest BCUT2D eigenvalue weighted by Crippen LogP contribution is -2.65. The first-order valence-corrected chi connectivity index (χ1v) is 10.9. The number of rotatable bonds is 2. The van der Waals surface area contributed by atoms with Crippen LogP contribution >= 0.6 is 0 Å². The number of carboxylic acid groups (broad SMARTS) is 1. The summed E-state index contributed by atoms with van der Waals surface area (Å²) in [7, 11) is 0. The molecule has 3 aliphatic rings. The molecule has 160 valence electrons. The average Bonchev–Trinajstić information content (AvgIpc) is 2.97. The predicted octanol–water partition coefficient (Wildman–Crippen LogP) is 3.42. The van der Waals surface area contributed by atoms with Crippen LogP contribution in [0.5, 0.6) is 0 Å². The average molecular weight is 394 g/mol. The molecule has 6 nitrogen and oxygen atoms in total. The van der Waals surface area contributed by atoms with Crippen molar-refractivity contribution in [3.05, 3.63) is 0 Å². The van der Waals surface area contributed by atoms with Crippen LogP contribution in [0.25, 0.3) is 0 Å². The fraction of sp³-hybridized carbons (Fsp3) is 0.909. The number of carbonyl (C=O) groups excluding carboxylic acids is 1. The van der Waals surface area contributed by atoms with Crippen molar-refractivity contribution >= 4 is 12.0 Å². The normalized spacial score (nSPS) is 32.4. The molecule has 0 aromatic heterocycles. The summed E-state index contributed by atoms with van der Waals surface area (Å²) in [5, 5.41) is 12.5. The van der Waals surface area contributed by atoms with Crippen LogP contribution in [0.3, 0.4) is 0 Å². The highest BCUT2D eigenvalue weighted by Gasteiger charge is 2.62. The van der Waals surface area contributed by atoms with Crippen LogP contribution in [0, 0.1) is 22.7 Å². The van der Waals surface area contributed by atoms with E-state index >= 15 is 0 Å². The van der Waals surface area contributed by atoms with E-state index in [0.717, 1.165) is 38.8 Å². The van der Waals surface area contributed by atoms with Crippen molar-refractivity contribution in [2.45, 2.75) is 78.8 Å². The Hall–Kier alpha value is -1.30. The molecule has 1 saturated carbocycles. The van der Waals surface area contributed by atoms with E-state index in [9.17, 15) is 14.7 Å². The summed E-state index contributed by atoms with van der Waals surface area (Å²) < 4.78 is 0. The fourth-order valence-corrected chi connectivity index (χ4v) is 6.19. The first-order valence-electron chi connectivity index (χ1n) is 10.9. The van der Waals surface area contributed by atoms with Gasteiger partial charge in [-0.3, -0.25) is 9.69 Å². The number of nitrogens with one attached hydrogen (secondary N) is 1. The number of amides is 2. The number of nitrogens with zero attached hydrogens (tertiary/aromatic N) is 2. The van der Waals surface area contributed by atoms with Crippen LogP contribution in [0.15, 0.2) is 0 Å². The zero-order valence-electron chi connectivity index (χ0n) is 18.5. The van der Waals surface area contributed by atoms with Gasteiger partial charge in [-0.15, -0.1) is 0 Å². The minimum absolute atomic E-state index is 0.117. The lowest BCUT2D eigenvalue weighted by molar-refractivity contribution is -0.137. The Labute approximate surface area is 170 Å². The lowest BCUT2D eigenvalue weighted by atomic mass is 9.48. The van der Waals surface area contributed by atoms with Crippen molar-refractivity contribution in [2.75, 3.05) is 26.2 Å². The molecule has 1 aliphatic carbocycles. The molecular weight excluding hydrogens is 354 g/mol. The first kappa shape index (κ1) is 21.4. The number of hydrogen-bond donors (Lipinski definition) is 2. The van der Waals surface area contributed by atoms with Gasteiger partial charge in [0.1, 0.15) is 0 Å². The van der Waals surface area contributed by atoms with Gasteiger partial charge in [0.05, 0.1) is 0 Å². The Kier molecular flexibility index (Phi) is 5.50. The van der Waals surface area contributed by atoms with E-state index in [-0.39, 0.29) is 28.2 Å². The topological polar surface area (TPSA) is 72.9 Å². The zero-order chi connectivity index (χ0) is 20.9. The number of hydrogen-bond acceptors (Lipinski definition) is 3. The Morgan fingerprint density at radius 2 is 1.64 bits per heavy atom. The van der Waals surface area contributed by atoms with Gasteiger partial charge < -0.3 is 15.3 Å². The second-order valence-electron chi connectivity index (χ2n) is 11.5. The molecule has 28 heavy (non-hydrogen) atoms. The Morgan fingerprint density at radius 3 is 2.11 bits per heavy atom. The van der Waals surface area contributed by atoms with Gasteiger partial charge in [0.25, 0.3) is 0 Å². The third-order valence-electron chi connectivity index (χ3n) is 7.12. The molecule has 3 rings (SSSR count). The molecule has 2 aliphatic heterocycles. The third kappa shape index (κ3) is 4.17. The SMILES string of the molecule is CC(C)(C)NC(=O)C1CCN(C2CC3(CCN(C(=O)O)C3)C2C(C)(C)C)CC1. The summed E-state index contributed by atoms with van der Waals surface area (Å²) >= 11 is 0. The van der Waals surface area contributed by atoms with Gasteiger partial charge in [-0.25, -0.2) is 4.79 Å². The Balaban J connectivity index is 1.62. The summed E-state index contributed by atoms with van der Waals surface area (Å²) in [5.41, 5.74) is 0.115. The van der Waals surface area contributed by atoms with Crippen LogP contribution in [0.4, 0.5) is 4.79 Å². The standard InChI is InChI=1S/C22H39N3O3/c1-20(2,3)17-16(13-22(17)9-12-25(14-22)19(27)28)24-10-7-15(8-11-24)18(26)23-21(4,5)6/h15-17H,7-14H2,1-6H3,(H,23,26)(H,27,28). The zero-order valence-corrected chi connectivity index (χ0v) is 18.5. The van der Waals surface area contributed by atoms with Gasteiger partial charge in [-0.1, -0.05) is 20.8 Å². The third-order valence-corrected chi connectivity index (χ3v) is 7.12. The van der Waals surface area contributed by atoms with Crippen LogP contribution in [0.1, 0.15) is 67.2 Å². The monoisotopic (exact) mass is 393 g/mol. The fourth-order valence-electron chi connectivity index (χ4n) is 6.19. The quantitative estimate of drug-likeness (QED) is 0.754. The van der Waals surface area contributed by atoms with E-state index in [0.29, 0.717) is 25.0 Å². The van der Waals surface area contributed by atoms with E-state index in [2.05, 4.69) is 31.0 Å². The number of likely N-dealkylation sites (tertiary alicyclic amines) is 2. The van der Waals surface area contributed by atoms with E-state index in [1.54, 1.807) is 4.90 Å². The van der Waals surface area contributed by atoms with Crippen molar-refractivity contribution in [1.29, 1.82) is 0 Å². The molecule has 0 radical (unpaired) electrons. The number of carbonyl (C=O) groups is 2. The molecule has 1 spiro atoms. The minimum Gasteiger partial charge on any atom is -0.465 e. The van der Waals surface area contributed by atoms with Crippen molar-refractivity contribution in [3.63, 3.8) is 0 Å². The van der Waals surface area contributed by atoms with Crippen molar-refractivity contribution in [2.24, 2.45) is 22.7 Å². The van der Waals surface area contributed by atoms with Crippen LogP contribution in [-0.2, 0) is 4.79 Å². The first-order chi connectivity index (χ1) is 12.8. The molecule has 6 heteroatoms. The largest absolute Gasteiger partial charge is 0.465 e. The van der Waals surface area contributed by atoms with Gasteiger partial charge in [0, 0.05) is 30.6 Å². The van der Waals surface area contributed by atoms with Crippen LogP contribution in [-0.4, -0.2) is 64.7 Å². The molecule has 3 unspecified atom stereocenters. The van der Waals surface area contributed by atoms with Crippen molar-refractivity contribution in [3.8, 4) is 0 Å². The van der Waals surface area contributed by atoms with Crippen LogP contribution in [0.2, 0.25) is 0 Å². The molecule has 2 amide bonds. The van der Waals surface area contributed by atoms with Crippen molar-refractivity contribution < 1.29 is 14.7 Å². The molecule has 0 aromatic rings. The summed E-state index contributed by atoms with van der Waals surface area (Å²) in [6.45, 7) is 16.3. The van der Waals surface area contributed by atoms with Crippen molar-refractivity contribution in [1.82, 2.24) is 15.1 Å². The second kappa shape index (κ2) is 7.19. The summed E-state index contributed by atoms with van der Waals surface area (Å²) in [5.74, 6) is 0.813. The van der Waals surface area contributed by atoms with Gasteiger partial charge in [-0.2, -0.15) is 0 Å². The minimum atomic E-state index is -0.779. The number of piperidine rings is 1. The Bertz CT molecular complexity index is 613. The highest BCUT2D eigenvalue weighted by atomic mass is 16.4. The van der Waals surface area contributed by atoms with E-state index < -0.39 is 6.09 Å². The predicted molar refractivity (Wildman–Crippen MR) is 110 cm³/mol. The molecule has 3 fully saturated rings. The van der Waals surface area contributed by atoms with E-state index in [1.165, 1.54) is 0 Å². The summed E-state index contributed by atoms with van der Waals surface area (Å²) in [6, 6.07) is 0.514. The molecule has 2 N–H and O–H groups in total. The van der Waals surface area contributed by atoms with Gasteiger partial charge >= 0.3 is 6.09 Å². The van der Waals surface area contributed by atoms with Crippen LogP contribution < -0.4 is 5.32 Å². The molecule has 0 aromatic carbocycles. The molecule has 3 atom stereocenters. The van der Waals surface area contributed by atoms with E-state index in [4.69, 9.17) is 0 Å². The summed E-state index contributed by atoms with van der Waals surface area (Å²) in [4.78, 5) is 28.2. The Morgan fingerprint density at radius 1 is 1.04 bits per heavy atom. The molecule has 0 bridgehead atoms. The molecule has 2 saturated heterocycles. The van der Waals surface area contributed by atoms with Gasteiger partial charge in [-0.05, 0) is 76.3 Å². The maximum Gasteiger partial charge on any atom is 0.407 e. The highest BCUT2D eigenvalue weighted by molar-refractivity contribution is 5.79. The highest BCUT2D eigenvalue weighted by Crippen LogP contribution is 2.61. The second-order valence-corrected chi connectivity index (χ2v) is 11.5. The lowest BCUT2D eigenvalue weighted by Gasteiger charge is -2.62. The maximum absolute atomic E-state index is 12.5. The smallest absolute Gasteiger partial charge is 0.407 e. The van der Waals surface area contributed by atoms with Gasteiger partial charge in [0.2, 0.25) is 5.91 Å². The molecule has 2 heterocycles. The van der Waals surface area contributed by atoms with E-state index in [1.807, 2.05) is 20.8 Å². The molecular formula is C22H39N3O3.